The third kappa shape index (κ3) is 1.52. The molecule has 1 saturated carbocycles. The number of nitrogens with one attached hydrogen (secondary N) is 2. The van der Waals surface area contributed by atoms with Gasteiger partial charge in [0, 0.05) is 7.05 Å². The Bertz CT molecular complexity index is 365. The zero-order valence-corrected chi connectivity index (χ0v) is 9.85. The van der Waals surface area contributed by atoms with Crippen molar-refractivity contribution in [3.8, 4) is 0 Å². The minimum absolute atomic E-state index is 0.0405. The van der Waals surface area contributed by atoms with Crippen LogP contribution in [-0.2, 0) is 9.53 Å². The van der Waals surface area contributed by atoms with Crippen molar-refractivity contribution in [1.82, 2.24) is 5.32 Å². The fraction of sp³-hybridized carbons (Fsp3) is 0.667. The van der Waals surface area contributed by atoms with Crippen LogP contribution in [-0.4, -0.2) is 24.5 Å². The van der Waals surface area contributed by atoms with Crippen LogP contribution >= 0.6 is 0 Å². The van der Waals surface area contributed by atoms with Crippen LogP contribution in [0.3, 0.4) is 0 Å². The van der Waals surface area contributed by atoms with Gasteiger partial charge in [0.1, 0.15) is 11.2 Å². The van der Waals surface area contributed by atoms with Crippen LogP contribution in [0.1, 0.15) is 39.0 Å². The Morgan fingerprint density at radius 2 is 2.00 bits per heavy atom. The number of likely N-dealkylation sites (N-methyl/N-ethyl adjacent to an activating group) is 1. The Balaban J connectivity index is 2.35. The van der Waals surface area contributed by atoms with Gasteiger partial charge in [0.05, 0.1) is 0 Å². The highest BCUT2D eigenvalue weighted by atomic mass is 16.5. The Morgan fingerprint density at radius 1 is 1.38 bits per heavy atom. The number of hydrogen-bond acceptors (Lipinski definition) is 3. The van der Waals surface area contributed by atoms with Gasteiger partial charge in [-0.15, -0.1) is 0 Å². The Kier molecular flexibility index (Phi) is 2.74. The first-order valence-corrected chi connectivity index (χ1v) is 5.82. The molecule has 88 valence electrons. The number of hydrogen-bond donors (Lipinski definition) is 2. The Morgan fingerprint density at radius 3 is 2.56 bits per heavy atom. The second-order valence-electron chi connectivity index (χ2n) is 4.57. The van der Waals surface area contributed by atoms with Crippen molar-refractivity contribution in [1.29, 1.82) is 5.41 Å². The van der Waals surface area contributed by atoms with E-state index in [1.807, 2.05) is 6.92 Å². The van der Waals surface area contributed by atoms with Crippen LogP contribution in [0.25, 0.3) is 0 Å². The lowest BCUT2D eigenvalue weighted by atomic mass is 9.79. The molecular formula is C12H18N2O2. The van der Waals surface area contributed by atoms with Crippen molar-refractivity contribution >= 4 is 11.8 Å². The molecule has 0 atom stereocenters. The summed E-state index contributed by atoms with van der Waals surface area (Å²) in [6, 6.07) is 0. The van der Waals surface area contributed by atoms with Crippen LogP contribution in [0.4, 0.5) is 0 Å². The highest BCUT2D eigenvalue weighted by molar-refractivity contribution is 6.19. The standard InChI is InChI=1S/C12H18N2O2/c1-8-9(11(15)14-2)10(13)16-12(8)6-4-3-5-7-12/h13H,3-7H2,1-2H3,(H,14,15). The van der Waals surface area contributed by atoms with Gasteiger partial charge < -0.3 is 10.1 Å². The first-order valence-electron chi connectivity index (χ1n) is 5.82. The van der Waals surface area contributed by atoms with Gasteiger partial charge in [-0.1, -0.05) is 6.42 Å². The summed E-state index contributed by atoms with van der Waals surface area (Å²) in [5, 5.41) is 10.4. The van der Waals surface area contributed by atoms with E-state index >= 15 is 0 Å². The van der Waals surface area contributed by atoms with Crippen molar-refractivity contribution in [3.63, 3.8) is 0 Å². The highest BCUT2D eigenvalue weighted by Gasteiger charge is 2.45. The summed E-state index contributed by atoms with van der Waals surface area (Å²) in [5.74, 6) is -0.163. The number of ether oxygens (including phenoxy) is 1. The number of rotatable bonds is 1. The van der Waals surface area contributed by atoms with Crippen LogP contribution in [0.15, 0.2) is 11.1 Å². The van der Waals surface area contributed by atoms with Gasteiger partial charge in [0.2, 0.25) is 5.90 Å². The topological polar surface area (TPSA) is 62.2 Å². The van der Waals surface area contributed by atoms with Crippen LogP contribution in [0.5, 0.6) is 0 Å². The third-order valence-corrected chi connectivity index (χ3v) is 3.70. The monoisotopic (exact) mass is 222 g/mol. The lowest BCUT2D eigenvalue weighted by Crippen LogP contribution is -2.33. The fourth-order valence-corrected chi connectivity index (χ4v) is 2.72. The summed E-state index contributed by atoms with van der Waals surface area (Å²) in [4.78, 5) is 11.7. The highest BCUT2D eigenvalue weighted by Crippen LogP contribution is 2.43. The average molecular weight is 222 g/mol. The molecule has 2 N–H and O–H groups in total. The quantitative estimate of drug-likeness (QED) is 0.710. The third-order valence-electron chi connectivity index (χ3n) is 3.70. The molecule has 1 aliphatic carbocycles. The minimum atomic E-state index is -0.350. The van der Waals surface area contributed by atoms with Crippen LogP contribution in [0, 0.1) is 5.41 Å². The summed E-state index contributed by atoms with van der Waals surface area (Å²) < 4.78 is 5.69. The van der Waals surface area contributed by atoms with Gasteiger partial charge in [-0.25, -0.2) is 0 Å². The number of carbonyl (C=O) groups excluding carboxylic acids is 1. The maximum absolute atomic E-state index is 11.7. The molecule has 2 rings (SSSR count). The molecule has 0 bridgehead atoms. The molecule has 0 aromatic rings. The van der Waals surface area contributed by atoms with E-state index in [1.54, 1.807) is 7.05 Å². The van der Waals surface area contributed by atoms with Gasteiger partial charge >= 0.3 is 0 Å². The molecule has 0 saturated heterocycles. The fourth-order valence-electron chi connectivity index (χ4n) is 2.72. The molecule has 1 aliphatic heterocycles. The van der Waals surface area contributed by atoms with Crippen molar-refractivity contribution in [3.05, 3.63) is 11.1 Å². The molecule has 2 aliphatic rings. The molecule has 4 heteroatoms. The van der Waals surface area contributed by atoms with E-state index in [0.717, 1.165) is 31.3 Å². The lowest BCUT2D eigenvalue weighted by Gasteiger charge is -2.33. The molecule has 0 aromatic carbocycles. The van der Waals surface area contributed by atoms with Crippen molar-refractivity contribution in [2.75, 3.05) is 7.05 Å². The summed E-state index contributed by atoms with van der Waals surface area (Å²) in [6.45, 7) is 1.93. The van der Waals surface area contributed by atoms with Gasteiger partial charge in [0.15, 0.2) is 0 Å². The maximum atomic E-state index is 11.7. The van der Waals surface area contributed by atoms with Gasteiger partial charge in [-0.3, -0.25) is 10.2 Å². The Hall–Kier alpha value is -1.32. The maximum Gasteiger partial charge on any atom is 0.256 e. The smallest absolute Gasteiger partial charge is 0.256 e. The molecule has 1 fully saturated rings. The predicted octanol–water partition coefficient (Wildman–Crippen LogP) is 1.76. The van der Waals surface area contributed by atoms with Crippen LogP contribution < -0.4 is 5.32 Å². The molecule has 1 spiro atoms. The van der Waals surface area contributed by atoms with Crippen molar-refractivity contribution in [2.24, 2.45) is 0 Å². The van der Waals surface area contributed by atoms with E-state index in [-0.39, 0.29) is 17.4 Å². The van der Waals surface area contributed by atoms with E-state index in [4.69, 9.17) is 10.1 Å². The average Bonchev–Trinajstić information content (AvgIpc) is 2.51. The van der Waals surface area contributed by atoms with E-state index < -0.39 is 0 Å². The minimum Gasteiger partial charge on any atom is -0.466 e. The SMILES string of the molecule is CNC(=O)C1=C(C)C2(CCCCC2)OC1=N. The summed E-state index contributed by atoms with van der Waals surface area (Å²) in [7, 11) is 1.59. The number of amides is 1. The summed E-state index contributed by atoms with van der Waals surface area (Å²) in [6.07, 6.45) is 5.32. The zero-order chi connectivity index (χ0) is 11.8. The Labute approximate surface area is 95.6 Å². The summed E-state index contributed by atoms with van der Waals surface area (Å²) >= 11 is 0. The molecule has 1 amide bonds. The van der Waals surface area contributed by atoms with Crippen LogP contribution in [0.2, 0.25) is 0 Å². The molecule has 0 unspecified atom stereocenters. The van der Waals surface area contributed by atoms with Gasteiger partial charge in [-0.2, -0.15) is 0 Å². The first kappa shape index (κ1) is 11.2. The van der Waals surface area contributed by atoms with Gasteiger partial charge in [0.25, 0.3) is 5.91 Å². The van der Waals surface area contributed by atoms with Gasteiger partial charge in [-0.05, 0) is 38.2 Å². The first-order chi connectivity index (χ1) is 7.60. The molecule has 1 heterocycles. The normalized spacial score (nSPS) is 23.5. The molecule has 16 heavy (non-hydrogen) atoms. The van der Waals surface area contributed by atoms with E-state index in [9.17, 15) is 4.79 Å². The molecule has 4 nitrogen and oxygen atoms in total. The number of carbonyl (C=O) groups is 1. The van der Waals surface area contributed by atoms with E-state index in [2.05, 4.69) is 5.32 Å². The summed E-state index contributed by atoms with van der Waals surface area (Å²) in [5.41, 5.74) is 1.03. The zero-order valence-electron chi connectivity index (χ0n) is 9.85. The molecule has 0 radical (unpaired) electrons. The predicted molar refractivity (Wildman–Crippen MR) is 61.4 cm³/mol. The van der Waals surface area contributed by atoms with Crippen molar-refractivity contribution < 1.29 is 9.53 Å². The largest absolute Gasteiger partial charge is 0.466 e. The molecule has 0 aromatic heterocycles. The second-order valence-corrected chi connectivity index (χ2v) is 4.57. The van der Waals surface area contributed by atoms with Crippen molar-refractivity contribution in [2.45, 2.75) is 44.6 Å². The lowest BCUT2D eigenvalue weighted by molar-refractivity contribution is -0.116. The van der Waals surface area contributed by atoms with E-state index in [1.165, 1.54) is 6.42 Å². The second kappa shape index (κ2) is 3.92. The molecular weight excluding hydrogens is 204 g/mol. The van der Waals surface area contributed by atoms with E-state index in [0.29, 0.717) is 5.57 Å².